The van der Waals surface area contributed by atoms with Crippen molar-refractivity contribution in [2.24, 2.45) is 5.41 Å². The van der Waals surface area contributed by atoms with Crippen molar-refractivity contribution in [2.75, 3.05) is 39.9 Å². The molecular weight excluding hydrogens is 252 g/mol. The van der Waals surface area contributed by atoms with Gasteiger partial charge in [0.2, 0.25) is 0 Å². The number of benzene rings is 1. The number of aliphatic hydroxyl groups is 1. The van der Waals surface area contributed by atoms with E-state index in [1.165, 1.54) is 0 Å². The van der Waals surface area contributed by atoms with Gasteiger partial charge in [-0.1, -0.05) is 32.0 Å². The summed E-state index contributed by atoms with van der Waals surface area (Å²) in [6, 6.07) is 8.30. The molecule has 20 heavy (non-hydrogen) atoms. The van der Waals surface area contributed by atoms with Crippen LogP contribution < -0.4 is 10.1 Å². The Labute approximate surface area is 121 Å². The van der Waals surface area contributed by atoms with Crippen LogP contribution in [-0.2, 0) is 0 Å². The van der Waals surface area contributed by atoms with Crippen LogP contribution in [0.4, 0.5) is 0 Å². The fourth-order valence-corrected chi connectivity index (χ4v) is 3.03. The van der Waals surface area contributed by atoms with Crippen molar-refractivity contribution in [1.82, 2.24) is 10.2 Å². The van der Waals surface area contributed by atoms with E-state index in [1.54, 1.807) is 7.11 Å². The Morgan fingerprint density at radius 3 is 2.55 bits per heavy atom. The molecule has 1 aliphatic rings. The Morgan fingerprint density at radius 1 is 1.30 bits per heavy atom. The van der Waals surface area contributed by atoms with Crippen molar-refractivity contribution in [3.63, 3.8) is 0 Å². The highest BCUT2D eigenvalue weighted by Crippen LogP contribution is 2.41. The first-order valence-corrected chi connectivity index (χ1v) is 7.28. The first kappa shape index (κ1) is 15.3. The average Bonchev–Trinajstić information content (AvgIpc) is 2.49. The number of rotatable bonds is 5. The molecule has 1 aromatic carbocycles. The maximum Gasteiger partial charge on any atom is 0.123 e. The van der Waals surface area contributed by atoms with E-state index in [1.807, 2.05) is 18.2 Å². The molecule has 2 rings (SSSR count). The van der Waals surface area contributed by atoms with E-state index >= 15 is 0 Å². The molecule has 0 aliphatic carbocycles. The molecule has 1 aromatic rings. The molecular formula is C16H26N2O2. The number of hydrogen-bond donors (Lipinski definition) is 2. The van der Waals surface area contributed by atoms with Gasteiger partial charge in [-0.2, -0.15) is 0 Å². The quantitative estimate of drug-likeness (QED) is 0.860. The second kappa shape index (κ2) is 6.57. The predicted molar refractivity (Wildman–Crippen MR) is 81.0 cm³/mol. The lowest BCUT2D eigenvalue weighted by Gasteiger charge is -2.43. The van der Waals surface area contributed by atoms with Crippen molar-refractivity contribution < 1.29 is 9.84 Å². The van der Waals surface area contributed by atoms with Gasteiger partial charge >= 0.3 is 0 Å². The number of aliphatic hydroxyl groups excluding tert-OH is 1. The van der Waals surface area contributed by atoms with Crippen molar-refractivity contribution >= 4 is 0 Å². The maximum absolute atomic E-state index is 9.84. The standard InChI is InChI=1S/C16H26N2O2/c1-16(2,12-19)15(18-10-8-17-9-11-18)13-6-4-5-7-14(13)20-3/h4-7,15,17,19H,8-12H2,1-3H3/t15-/m0/s1. The van der Waals surface area contributed by atoms with Crippen LogP contribution in [0.5, 0.6) is 5.75 Å². The smallest absolute Gasteiger partial charge is 0.123 e. The third kappa shape index (κ3) is 3.14. The highest BCUT2D eigenvalue weighted by Gasteiger charge is 2.37. The Kier molecular flexibility index (Phi) is 5.02. The molecule has 1 fully saturated rings. The van der Waals surface area contributed by atoms with Gasteiger partial charge in [-0.15, -0.1) is 0 Å². The third-order valence-corrected chi connectivity index (χ3v) is 4.10. The van der Waals surface area contributed by atoms with Crippen LogP contribution in [0.25, 0.3) is 0 Å². The lowest BCUT2D eigenvalue weighted by Crippen LogP contribution is -2.49. The molecule has 0 amide bonds. The van der Waals surface area contributed by atoms with Gasteiger partial charge in [0, 0.05) is 49.8 Å². The van der Waals surface area contributed by atoms with Gasteiger partial charge in [0.1, 0.15) is 5.75 Å². The fourth-order valence-electron chi connectivity index (χ4n) is 3.03. The topological polar surface area (TPSA) is 44.7 Å². The molecule has 0 bridgehead atoms. The summed E-state index contributed by atoms with van der Waals surface area (Å²) < 4.78 is 5.53. The largest absolute Gasteiger partial charge is 0.496 e. The monoisotopic (exact) mass is 278 g/mol. The van der Waals surface area contributed by atoms with Crippen molar-refractivity contribution in [1.29, 1.82) is 0 Å². The number of piperazine rings is 1. The lowest BCUT2D eigenvalue weighted by atomic mass is 9.79. The predicted octanol–water partition coefficient (Wildman–Crippen LogP) is 1.66. The zero-order valence-corrected chi connectivity index (χ0v) is 12.7. The molecule has 1 heterocycles. The van der Waals surface area contributed by atoms with Gasteiger partial charge in [-0.25, -0.2) is 0 Å². The minimum atomic E-state index is -0.216. The first-order valence-electron chi connectivity index (χ1n) is 7.28. The van der Waals surface area contributed by atoms with Gasteiger partial charge in [0.15, 0.2) is 0 Å². The van der Waals surface area contributed by atoms with Crippen LogP contribution in [0, 0.1) is 5.41 Å². The second-order valence-electron chi connectivity index (χ2n) is 6.08. The fraction of sp³-hybridized carbons (Fsp3) is 0.625. The summed E-state index contributed by atoms with van der Waals surface area (Å²) in [5.74, 6) is 0.901. The van der Waals surface area contributed by atoms with Gasteiger partial charge in [-0.05, 0) is 6.07 Å². The summed E-state index contributed by atoms with van der Waals surface area (Å²) in [4.78, 5) is 2.45. The zero-order valence-electron chi connectivity index (χ0n) is 12.7. The SMILES string of the molecule is COc1ccccc1[C@H](N1CCNCC1)C(C)(C)CO. The number of ether oxygens (including phenoxy) is 1. The van der Waals surface area contributed by atoms with Crippen molar-refractivity contribution in [3.8, 4) is 5.75 Å². The van der Waals surface area contributed by atoms with Crippen LogP contribution in [0.1, 0.15) is 25.5 Å². The van der Waals surface area contributed by atoms with Gasteiger partial charge in [-0.3, -0.25) is 4.90 Å². The van der Waals surface area contributed by atoms with Gasteiger partial charge in [0.25, 0.3) is 0 Å². The van der Waals surface area contributed by atoms with Crippen molar-refractivity contribution in [2.45, 2.75) is 19.9 Å². The van der Waals surface area contributed by atoms with Crippen LogP contribution in [0.3, 0.4) is 0 Å². The summed E-state index contributed by atoms with van der Waals surface area (Å²) >= 11 is 0. The minimum absolute atomic E-state index is 0.152. The van der Waals surface area contributed by atoms with Crippen LogP contribution in [0.15, 0.2) is 24.3 Å². The molecule has 0 saturated carbocycles. The molecule has 1 aliphatic heterocycles. The summed E-state index contributed by atoms with van der Waals surface area (Å²) in [5.41, 5.74) is 0.947. The van der Waals surface area contributed by atoms with E-state index in [4.69, 9.17) is 4.74 Å². The molecule has 1 saturated heterocycles. The summed E-state index contributed by atoms with van der Waals surface area (Å²) in [6.45, 7) is 8.36. The van der Waals surface area contributed by atoms with E-state index in [2.05, 4.69) is 30.1 Å². The Balaban J connectivity index is 2.39. The summed E-state index contributed by atoms with van der Waals surface area (Å²) in [6.07, 6.45) is 0. The molecule has 0 spiro atoms. The van der Waals surface area contributed by atoms with Gasteiger partial charge in [0.05, 0.1) is 7.11 Å². The van der Waals surface area contributed by atoms with Gasteiger partial charge < -0.3 is 15.2 Å². The lowest BCUT2D eigenvalue weighted by molar-refractivity contribution is 0.0293. The van der Waals surface area contributed by atoms with Crippen LogP contribution in [0.2, 0.25) is 0 Å². The average molecular weight is 278 g/mol. The molecule has 1 atom stereocenters. The molecule has 112 valence electrons. The summed E-state index contributed by atoms with van der Waals surface area (Å²) in [7, 11) is 1.71. The van der Waals surface area contributed by atoms with E-state index < -0.39 is 0 Å². The highest BCUT2D eigenvalue weighted by atomic mass is 16.5. The molecule has 0 aromatic heterocycles. The van der Waals surface area contributed by atoms with Crippen LogP contribution in [-0.4, -0.2) is 49.9 Å². The second-order valence-corrected chi connectivity index (χ2v) is 6.08. The Hall–Kier alpha value is -1.10. The molecule has 4 nitrogen and oxygen atoms in total. The number of methoxy groups -OCH3 is 1. The number of nitrogens with zero attached hydrogens (tertiary/aromatic N) is 1. The molecule has 2 N–H and O–H groups in total. The van der Waals surface area contributed by atoms with E-state index in [9.17, 15) is 5.11 Å². The highest BCUT2D eigenvalue weighted by molar-refractivity contribution is 5.37. The number of nitrogens with one attached hydrogen (secondary N) is 1. The Bertz CT molecular complexity index is 428. The number of para-hydroxylation sites is 1. The van der Waals surface area contributed by atoms with E-state index in [0.29, 0.717) is 0 Å². The molecule has 0 radical (unpaired) electrons. The zero-order chi connectivity index (χ0) is 14.6. The van der Waals surface area contributed by atoms with Crippen LogP contribution >= 0.6 is 0 Å². The molecule has 0 unspecified atom stereocenters. The molecule has 4 heteroatoms. The normalized spacial score (nSPS) is 18.8. The van der Waals surface area contributed by atoms with E-state index in [0.717, 1.165) is 37.5 Å². The van der Waals surface area contributed by atoms with E-state index in [-0.39, 0.29) is 18.1 Å². The third-order valence-electron chi connectivity index (χ3n) is 4.10. The first-order chi connectivity index (χ1) is 9.60. The minimum Gasteiger partial charge on any atom is -0.496 e. The summed E-state index contributed by atoms with van der Waals surface area (Å²) in [5, 5.41) is 13.2. The number of hydrogen-bond acceptors (Lipinski definition) is 4. The maximum atomic E-state index is 9.84. The Morgan fingerprint density at radius 2 is 1.95 bits per heavy atom. The van der Waals surface area contributed by atoms with Crippen molar-refractivity contribution in [3.05, 3.63) is 29.8 Å².